The number of hydrogen-bond donors (Lipinski definition) is 3. The average Bonchev–Trinajstić information content (AvgIpc) is 2.41. The van der Waals surface area contributed by atoms with E-state index in [0.717, 1.165) is 12.1 Å². The summed E-state index contributed by atoms with van der Waals surface area (Å²) < 4.78 is 13.0. The van der Waals surface area contributed by atoms with Crippen LogP contribution >= 0.6 is 0 Å². The van der Waals surface area contributed by atoms with E-state index in [1.807, 2.05) is 0 Å². The number of carbonyl (C=O) groups excluding carboxylic acids is 1. The summed E-state index contributed by atoms with van der Waals surface area (Å²) in [5.41, 5.74) is 5.29. The molecule has 0 bridgehead atoms. The van der Waals surface area contributed by atoms with E-state index in [9.17, 15) is 14.0 Å². The van der Waals surface area contributed by atoms with Crippen molar-refractivity contribution < 1.29 is 19.1 Å². The second-order valence-corrected chi connectivity index (χ2v) is 3.89. The van der Waals surface area contributed by atoms with E-state index in [1.165, 1.54) is 24.4 Å². The Labute approximate surface area is 113 Å². The van der Waals surface area contributed by atoms with Crippen LogP contribution in [0.5, 0.6) is 0 Å². The number of hydrogen-bond acceptors (Lipinski definition) is 4. The van der Waals surface area contributed by atoms with Crippen molar-refractivity contribution in [1.29, 1.82) is 0 Å². The minimum atomic E-state index is -1.35. The molecule has 7 heteroatoms. The van der Waals surface area contributed by atoms with Gasteiger partial charge in [0.05, 0.1) is 16.8 Å². The van der Waals surface area contributed by atoms with Gasteiger partial charge in [0.2, 0.25) is 0 Å². The van der Waals surface area contributed by atoms with Crippen LogP contribution in [0.25, 0.3) is 0 Å². The lowest BCUT2D eigenvalue weighted by molar-refractivity contribution is 0.0697. The lowest BCUT2D eigenvalue weighted by atomic mass is 10.1. The van der Waals surface area contributed by atoms with Crippen LogP contribution in [-0.4, -0.2) is 22.0 Å². The Balaban J connectivity index is 2.33. The fraction of sp³-hybridized carbons (Fsp3) is 0. The highest BCUT2D eigenvalue weighted by Crippen LogP contribution is 2.19. The first kappa shape index (κ1) is 13.5. The third-order valence-corrected chi connectivity index (χ3v) is 2.54. The van der Waals surface area contributed by atoms with Crippen molar-refractivity contribution in [2.45, 2.75) is 0 Å². The van der Waals surface area contributed by atoms with Crippen molar-refractivity contribution in [2.75, 3.05) is 11.1 Å². The van der Waals surface area contributed by atoms with E-state index in [0.29, 0.717) is 0 Å². The number of halogens is 1. The van der Waals surface area contributed by atoms with Gasteiger partial charge >= 0.3 is 5.97 Å². The number of benzene rings is 1. The summed E-state index contributed by atoms with van der Waals surface area (Å²) in [4.78, 5) is 26.7. The Morgan fingerprint density at radius 1 is 1.25 bits per heavy atom. The predicted octanol–water partition coefficient (Wildman–Crippen LogP) is 1.75. The standard InChI is InChI=1S/C13H10FN3O3/c14-7-3-4-10(9(6-7)13(19)20)17-12(18)8-2-1-5-16-11(8)15/h1-6H,(H2,15,16)(H,17,18)(H,19,20). The Hall–Kier alpha value is -2.96. The first-order chi connectivity index (χ1) is 9.49. The SMILES string of the molecule is Nc1ncccc1C(=O)Nc1ccc(F)cc1C(=O)O. The number of aromatic nitrogens is 1. The molecule has 0 aliphatic carbocycles. The van der Waals surface area contributed by atoms with Gasteiger partial charge in [0.15, 0.2) is 0 Å². The molecule has 1 aromatic carbocycles. The van der Waals surface area contributed by atoms with Crippen molar-refractivity contribution in [3.63, 3.8) is 0 Å². The fourth-order valence-electron chi connectivity index (χ4n) is 1.60. The molecule has 0 aliphatic rings. The third kappa shape index (κ3) is 2.72. The Morgan fingerprint density at radius 3 is 2.65 bits per heavy atom. The minimum absolute atomic E-state index is 0.0176. The van der Waals surface area contributed by atoms with E-state index in [4.69, 9.17) is 10.8 Å². The van der Waals surface area contributed by atoms with E-state index in [2.05, 4.69) is 10.3 Å². The van der Waals surface area contributed by atoms with Crippen LogP contribution in [0.3, 0.4) is 0 Å². The monoisotopic (exact) mass is 275 g/mol. The smallest absolute Gasteiger partial charge is 0.337 e. The number of anilines is 2. The van der Waals surface area contributed by atoms with Gasteiger partial charge in [0.25, 0.3) is 5.91 Å². The summed E-state index contributed by atoms with van der Waals surface area (Å²) in [5.74, 6) is -2.66. The Bertz CT molecular complexity index is 688. The molecular weight excluding hydrogens is 265 g/mol. The quantitative estimate of drug-likeness (QED) is 0.791. The van der Waals surface area contributed by atoms with Crippen molar-refractivity contribution in [2.24, 2.45) is 0 Å². The molecule has 2 aromatic rings. The number of amides is 1. The minimum Gasteiger partial charge on any atom is -0.478 e. The van der Waals surface area contributed by atoms with E-state index in [-0.39, 0.29) is 22.6 Å². The molecule has 2 rings (SSSR count). The normalized spacial score (nSPS) is 10.1. The molecule has 1 amide bonds. The molecule has 6 nitrogen and oxygen atoms in total. The van der Waals surface area contributed by atoms with Gasteiger partial charge < -0.3 is 16.2 Å². The first-order valence-corrected chi connectivity index (χ1v) is 5.53. The molecule has 102 valence electrons. The number of rotatable bonds is 3. The maximum atomic E-state index is 13.0. The lowest BCUT2D eigenvalue weighted by Crippen LogP contribution is -2.17. The fourth-order valence-corrected chi connectivity index (χ4v) is 1.60. The molecule has 1 heterocycles. The zero-order valence-corrected chi connectivity index (χ0v) is 10.1. The molecule has 4 N–H and O–H groups in total. The molecular formula is C13H10FN3O3. The van der Waals surface area contributed by atoms with Crippen LogP contribution in [-0.2, 0) is 0 Å². The summed E-state index contributed by atoms with van der Waals surface area (Å²) >= 11 is 0. The summed E-state index contributed by atoms with van der Waals surface area (Å²) in [6.07, 6.45) is 1.42. The van der Waals surface area contributed by atoms with Gasteiger partial charge in [0, 0.05) is 6.20 Å². The van der Waals surface area contributed by atoms with Gasteiger partial charge in [-0.2, -0.15) is 0 Å². The molecule has 20 heavy (non-hydrogen) atoms. The Morgan fingerprint density at radius 2 is 2.00 bits per heavy atom. The van der Waals surface area contributed by atoms with Crippen molar-refractivity contribution in [3.8, 4) is 0 Å². The van der Waals surface area contributed by atoms with E-state index < -0.39 is 17.7 Å². The number of carbonyl (C=O) groups is 2. The second-order valence-electron chi connectivity index (χ2n) is 3.89. The van der Waals surface area contributed by atoms with Crippen LogP contribution in [0.4, 0.5) is 15.9 Å². The second kappa shape index (κ2) is 5.35. The number of carboxylic acids is 1. The first-order valence-electron chi connectivity index (χ1n) is 5.53. The molecule has 0 saturated heterocycles. The summed E-state index contributed by atoms with van der Waals surface area (Å²) in [7, 11) is 0. The van der Waals surface area contributed by atoms with Crippen molar-refractivity contribution >= 4 is 23.4 Å². The van der Waals surface area contributed by atoms with Gasteiger partial charge in [-0.15, -0.1) is 0 Å². The van der Waals surface area contributed by atoms with Crippen LogP contribution in [0.2, 0.25) is 0 Å². The largest absolute Gasteiger partial charge is 0.478 e. The zero-order valence-electron chi connectivity index (χ0n) is 10.1. The van der Waals surface area contributed by atoms with Crippen molar-refractivity contribution in [3.05, 3.63) is 53.5 Å². The van der Waals surface area contributed by atoms with Crippen LogP contribution in [0, 0.1) is 5.82 Å². The molecule has 0 aliphatic heterocycles. The number of nitrogens with one attached hydrogen (secondary N) is 1. The number of nitrogens with zero attached hydrogens (tertiary/aromatic N) is 1. The molecule has 0 atom stereocenters. The van der Waals surface area contributed by atoms with Gasteiger partial charge in [-0.25, -0.2) is 14.2 Å². The van der Waals surface area contributed by atoms with Crippen LogP contribution in [0.15, 0.2) is 36.5 Å². The van der Waals surface area contributed by atoms with Crippen LogP contribution in [0.1, 0.15) is 20.7 Å². The summed E-state index contributed by atoms with van der Waals surface area (Å²) in [6.45, 7) is 0. The molecule has 0 saturated carbocycles. The van der Waals surface area contributed by atoms with E-state index in [1.54, 1.807) is 0 Å². The highest BCUT2D eigenvalue weighted by atomic mass is 19.1. The topological polar surface area (TPSA) is 105 Å². The molecule has 0 spiro atoms. The molecule has 1 aromatic heterocycles. The number of aromatic carboxylic acids is 1. The van der Waals surface area contributed by atoms with Gasteiger partial charge in [-0.3, -0.25) is 4.79 Å². The molecule has 0 radical (unpaired) electrons. The summed E-state index contributed by atoms with van der Waals surface area (Å²) in [6, 6.07) is 6.01. The number of nitrogen functional groups attached to an aromatic ring is 1. The van der Waals surface area contributed by atoms with Gasteiger partial charge in [-0.05, 0) is 30.3 Å². The molecule has 0 unspecified atom stereocenters. The van der Waals surface area contributed by atoms with Gasteiger partial charge in [-0.1, -0.05) is 0 Å². The Kier molecular flexibility index (Phi) is 3.60. The summed E-state index contributed by atoms with van der Waals surface area (Å²) in [5, 5.41) is 11.3. The maximum Gasteiger partial charge on any atom is 0.337 e. The third-order valence-electron chi connectivity index (χ3n) is 2.54. The zero-order chi connectivity index (χ0) is 14.7. The maximum absolute atomic E-state index is 13.0. The van der Waals surface area contributed by atoms with Gasteiger partial charge in [0.1, 0.15) is 11.6 Å². The number of carboxylic acid groups (broad SMARTS) is 1. The highest BCUT2D eigenvalue weighted by molar-refractivity contribution is 6.09. The number of nitrogens with two attached hydrogens (primary N) is 1. The van der Waals surface area contributed by atoms with Crippen molar-refractivity contribution in [1.82, 2.24) is 4.98 Å². The highest BCUT2D eigenvalue weighted by Gasteiger charge is 2.16. The number of pyridine rings is 1. The van der Waals surface area contributed by atoms with Crippen LogP contribution < -0.4 is 11.1 Å². The average molecular weight is 275 g/mol. The molecule has 0 fully saturated rings. The van der Waals surface area contributed by atoms with E-state index >= 15 is 0 Å². The lowest BCUT2D eigenvalue weighted by Gasteiger charge is -2.09. The predicted molar refractivity (Wildman–Crippen MR) is 70.0 cm³/mol.